The number of aryl methyl sites for hydroxylation is 2. The minimum atomic E-state index is -0.0971. The molecule has 0 atom stereocenters. The van der Waals surface area contributed by atoms with Crippen LogP contribution in [0.15, 0.2) is 60.9 Å². The lowest BCUT2D eigenvalue weighted by Crippen LogP contribution is -2.36. The predicted octanol–water partition coefficient (Wildman–Crippen LogP) is 3.99. The van der Waals surface area contributed by atoms with Crippen LogP contribution >= 0.6 is 0 Å². The third-order valence-corrected chi connectivity index (χ3v) is 4.95. The summed E-state index contributed by atoms with van der Waals surface area (Å²) in [5, 5.41) is 3.26. The second-order valence-corrected chi connectivity index (χ2v) is 6.76. The Morgan fingerprint density at radius 1 is 1.07 bits per heavy atom. The Morgan fingerprint density at radius 2 is 1.89 bits per heavy atom. The molecule has 5 nitrogen and oxygen atoms in total. The van der Waals surface area contributed by atoms with E-state index in [2.05, 4.69) is 40.4 Å². The lowest BCUT2D eigenvalue weighted by atomic mass is 10.0. The van der Waals surface area contributed by atoms with Crippen molar-refractivity contribution in [1.82, 2.24) is 9.97 Å². The number of amides is 1. The molecule has 1 aliphatic heterocycles. The van der Waals surface area contributed by atoms with Gasteiger partial charge in [0.25, 0.3) is 5.91 Å². The number of para-hydroxylation sites is 1. The number of carbonyl (C=O) groups is 1. The van der Waals surface area contributed by atoms with E-state index >= 15 is 0 Å². The number of carbonyl (C=O) groups excluding carboxylic acids is 1. The molecule has 4 rings (SSSR count). The van der Waals surface area contributed by atoms with Crippen LogP contribution in [-0.2, 0) is 13.0 Å². The molecule has 0 saturated carbocycles. The Kier molecular flexibility index (Phi) is 4.83. The van der Waals surface area contributed by atoms with Gasteiger partial charge in [0, 0.05) is 18.8 Å². The molecule has 5 heteroatoms. The van der Waals surface area contributed by atoms with Crippen molar-refractivity contribution < 1.29 is 4.79 Å². The van der Waals surface area contributed by atoms with Crippen LogP contribution in [0, 0.1) is 6.92 Å². The molecule has 0 radical (unpaired) electrons. The summed E-state index contributed by atoms with van der Waals surface area (Å²) in [5.41, 5.74) is 5.00. The van der Waals surface area contributed by atoms with E-state index in [0.29, 0.717) is 24.6 Å². The van der Waals surface area contributed by atoms with Crippen molar-refractivity contribution >= 4 is 17.4 Å². The van der Waals surface area contributed by atoms with E-state index in [1.165, 1.54) is 16.7 Å². The van der Waals surface area contributed by atoms with Gasteiger partial charge in [-0.05, 0) is 42.5 Å². The molecule has 1 N–H and O–H groups in total. The van der Waals surface area contributed by atoms with Gasteiger partial charge in [0.05, 0.1) is 12.4 Å². The maximum Gasteiger partial charge on any atom is 0.278 e. The van der Waals surface area contributed by atoms with E-state index in [9.17, 15) is 4.79 Å². The molecule has 1 amide bonds. The number of rotatable bonds is 4. The first-order chi connectivity index (χ1) is 13.2. The maximum atomic E-state index is 12.9. The minimum Gasteiger partial charge on any atom is -0.365 e. The van der Waals surface area contributed by atoms with E-state index in [1.54, 1.807) is 12.4 Å². The third kappa shape index (κ3) is 3.67. The van der Waals surface area contributed by atoms with Crippen LogP contribution in [0.2, 0.25) is 0 Å². The van der Waals surface area contributed by atoms with Gasteiger partial charge in [-0.3, -0.25) is 4.79 Å². The average molecular weight is 358 g/mol. The fourth-order valence-corrected chi connectivity index (χ4v) is 3.41. The van der Waals surface area contributed by atoms with Crippen LogP contribution in [0.25, 0.3) is 0 Å². The van der Waals surface area contributed by atoms with E-state index < -0.39 is 0 Å². The Hall–Kier alpha value is -3.21. The smallest absolute Gasteiger partial charge is 0.278 e. The van der Waals surface area contributed by atoms with Gasteiger partial charge in [-0.2, -0.15) is 0 Å². The molecule has 27 heavy (non-hydrogen) atoms. The van der Waals surface area contributed by atoms with Crippen molar-refractivity contribution in [3.63, 3.8) is 0 Å². The van der Waals surface area contributed by atoms with Gasteiger partial charge < -0.3 is 10.2 Å². The van der Waals surface area contributed by atoms with Gasteiger partial charge in [0.1, 0.15) is 11.5 Å². The Labute approximate surface area is 159 Å². The van der Waals surface area contributed by atoms with Crippen molar-refractivity contribution in [2.24, 2.45) is 0 Å². The van der Waals surface area contributed by atoms with Crippen LogP contribution in [0.5, 0.6) is 0 Å². The summed E-state index contributed by atoms with van der Waals surface area (Å²) in [6.07, 6.45) is 5.15. The molecule has 0 saturated heterocycles. The summed E-state index contributed by atoms with van der Waals surface area (Å²) in [5.74, 6) is 0.564. The first-order valence-corrected chi connectivity index (χ1v) is 9.22. The monoisotopic (exact) mass is 358 g/mol. The zero-order valence-corrected chi connectivity index (χ0v) is 15.4. The Bertz CT molecular complexity index is 953. The third-order valence-electron chi connectivity index (χ3n) is 4.95. The zero-order valence-electron chi connectivity index (χ0n) is 15.4. The van der Waals surface area contributed by atoms with Gasteiger partial charge >= 0.3 is 0 Å². The molecule has 0 spiro atoms. The summed E-state index contributed by atoms with van der Waals surface area (Å²) in [7, 11) is 0. The summed E-state index contributed by atoms with van der Waals surface area (Å²) in [4.78, 5) is 23.4. The summed E-state index contributed by atoms with van der Waals surface area (Å²) < 4.78 is 0. The normalized spacial score (nSPS) is 13.1. The molecule has 0 aliphatic carbocycles. The Balaban J connectivity index is 1.46. The summed E-state index contributed by atoms with van der Waals surface area (Å²) in [6.45, 7) is 3.47. The van der Waals surface area contributed by atoms with Crippen molar-refractivity contribution in [2.75, 3.05) is 16.8 Å². The Morgan fingerprint density at radius 3 is 2.70 bits per heavy atom. The number of anilines is 2. The minimum absolute atomic E-state index is 0.0971. The van der Waals surface area contributed by atoms with Gasteiger partial charge in [-0.1, -0.05) is 42.5 Å². The highest BCUT2D eigenvalue weighted by Crippen LogP contribution is 2.27. The molecular weight excluding hydrogens is 336 g/mol. The number of nitrogens with one attached hydrogen (secondary N) is 1. The SMILES string of the molecule is Cc1ccccc1CNc1cnc(C(=O)N2CCCc3ccccc32)cn1. The standard InChI is InChI=1S/C22H22N4O/c1-16-7-2-3-9-18(16)13-24-21-15-23-19(14-25-21)22(27)26-12-6-10-17-8-4-5-11-20(17)26/h2-5,7-9,11,14-15H,6,10,12-13H2,1H3,(H,24,25). The highest BCUT2D eigenvalue weighted by atomic mass is 16.2. The zero-order chi connectivity index (χ0) is 18.6. The van der Waals surface area contributed by atoms with Crippen molar-refractivity contribution in [1.29, 1.82) is 0 Å². The highest BCUT2D eigenvalue weighted by molar-refractivity contribution is 6.05. The van der Waals surface area contributed by atoms with Gasteiger partial charge in [0.15, 0.2) is 0 Å². The predicted molar refractivity (Wildman–Crippen MR) is 107 cm³/mol. The lowest BCUT2D eigenvalue weighted by molar-refractivity contribution is 0.0980. The van der Waals surface area contributed by atoms with Gasteiger partial charge in [-0.25, -0.2) is 9.97 Å². The van der Waals surface area contributed by atoms with E-state index in [4.69, 9.17) is 0 Å². The fraction of sp³-hybridized carbons (Fsp3) is 0.227. The highest BCUT2D eigenvalue weighted by Gasteiger charge is 2.24. The number of fused-ring (bicyclic) bond motifs is 1. The van der Waals surface area contributed by atoms with Crippen molar-refractivity contribution in [2.45, 2.75) is 26.3 Å². The fourth-order valence-electron chi connectivity index (χ4n) is 3.41. The second-order valence-electron chi connectivity index (χ2n) is 6.76. The molecule has 136 valence electrons. The van der Waals surface area contributed by atoms with E-state index in [1.807, 2.05) is 35.2 Å². The molecule has 0 bridgehead atoms. The molecule has 1 aliphatic rings. The lowest BCUT2D eigenvalue weighted by Gasteiger charge is -2.29. The van der Waals surface area contributed by atoms with E-state index in [-0.39, 0.29) is 5.91 Å². The first-order valence-electron chi connectivity index (χ1n) is 9.22. The van der Waals surface area contributed by atoms with Crippen LogP contribution in [0.1, 0.15) is 33.6 Å². The number of hydrogen-bond acceptors (Lipinski definition) is 4. The number of benzene rings is 2. The molecule has 2 aromatic carbocycles. The van der Waals surface area contributed by atoms with E-state index in [0.717, 1.165) is 18.5 Å². The van der Waals surface area contributed by atoms with Crippen molar-refractivity contribution in [3.05, 3.63) is 83.3 Å². The molecule has 1 aromatic heterocycles. The average Bonchev–Trinajstić information content (AvgIpc) is 2.73. The molecule has 0 fully saturated rings. The van der Waals surface area contributed by atoms with Gasteiger partial charge in [-0.15, -0.1) is 0 Å². The molecule has 3 aromatic rings. The molecular formula is C22H22N4O. The summed E-state index contributed by atoms with van der Waals surface area (Å²) >= 11 is 0. The van der Waals surface area contributed by atoms with Crippen LogP contribution in [0.3, 0.4) is 0 Å². The first kappa shape index (κ1) is 17.2. The topological polar surface area (TPSA) is 58.1 Å². The van der Waals surface area contributed by atoms with Gasteiger partial charge in [0.2, 0.25) is 0 Å². The van der Waals surface area contributed by atoms with Crippen LogP contribution in [-0.4, -0.2) is 22.4 Å². The number of aromatic nitrogens is 2. The summed E-state index contributed by atoms with van der Waals surface area (Å²) in [6, 6.07) is 16.3. The van der Waals surface area contributed by atoms with Crippen LogP contribution in [0.4, 0.5) is 11.5 Å². The largest absolute Gasteiger partial charge is 0.365 e. The quantitative estimate of drug-likeness (QED) is 0.766. The van der Waals surface area contributed by atoms with Crippen molar-refractivity contribution in [3.8, 4) is 0 Å². The molecule has 0 unspecified atom stereocenters. The maximum absolute atomic E-state index is 12.9. The number of nitrogens with zero attached hydrogens (tertiary/aromatic N) is 3. The van der Waals surface area contributed by atoms with Crippen LogP contribution < -0.4 is 10.2 Å². The number of hydrogen-bond donors (Lipinski definition) is 1. The molecule has 2 heterocycles. The second kappa shape index (κ2) is 7.58.